The quantitative estimate of drug-likeness (QED) is 0.727. The summed E-state index contributed by atoms with van der Waals surface area (Å²) in [5.74, 6) is 1.38. The number of hydrogen-bond donors (Lipinski definition) is 0. The van der Waals surface area contributed by atoms with Gasteiger partial charge in [0.05, 0.1) is 5.56 Å². The number of aryl methyl sites for hydroxylation is 1. The van der Waals surface area contributed by atoms with Crippen molar-refractivity contribution in [1.82, 2.24) is 0 Å². The zero-order chi connectivity index (χ0) is 13.7. The molecule has 2 rings (SSSR count). The Morgan fingerprint density at radius 2 is 1.74 bits per heavy atom. The van der Waals surface area contributed by atoms with E-state index < -0.39 is 0 Å². The molecule has 0 amide bonds. The Hall–Kier alpha value is -2.09. The maximum atomic E-state index is 11.5. The first-order valence-corrected chi connectivity index (χ1v) is 6.57. The Labute approximate surface area is 114 Å². The molecule has 2 nitrogen and oxygen atoms in total. The Morgan fingerprint density at radius 1 is 1.05 bits per heavy atom. The van der Waals surface area contributed by atoms with Crippen LogP contribution < -0.4 is 4.74 Å². The first-order valence-electron chi connectivity index (χ1n) is 6.57. The molecule has 2 aromatic carbocycles. The van der Waals surface area contributed by atoms with E-state index in [1.54, 1.807) is 13.0 Å². The molecule has 0 aliphatic carbocycles. The molecule has 0 fully saturated rings. The number of hydrogen-bond acceptors (Lipinski definition) is 2. The number of carbonyl (C=O) groups excluding carboxylic acids is 1. The first kappa shape index (κ1) is 13.3. The van der Waals surface area contributed by atoms with Crippen LogP contribution in [-0.4, -0.2) is 5.78 Å². The SMILES string of the molecule is CCCc1ccc(Oc2ccccc2C(C)=O)cc1. The molecule has 0 aromatic heterocycles. The van der Waals surface area contributed by atoms with E-state index in [9.17, 15) is 4.79 Å². The summed E-state index contributed by atoms with van der Waals surface area (Å²) in [7, 11) is 0. The molecule has 2 aromatic rings. The number of carbonyl (C=O) groups is 1. The molecule has 0 N–H and O–H groups in total. The predicted octanol–water partition coefficient (Wildman–Crippen LogP) is 4.63. The van der Waals surface area contributed by atoms with Crippen LogP contribution in [0.5, 0.6) is 11.5 Å². The standard InChI is InChI=1S/C17H18O2/c1-3-6-14-9-11-15(12-10-14)19-17-8-5-4-7-16(17)13(2)18/h4-5,7-12H,3,6H2,1-2H3. The van der Waals surface area contributed by atoms with Crippen LogP contribution >= 0.6 is 0 Å². The highest BCUT2D eigenvalue weighted by atomic mass is 16.5. The molecule has 0 saturated heterocycles. The van der Waals surface area contributed by atoms with Crippen molar-refractivity contribution in [2.75, 3.05) is 0 Å². The summed E-state index contributed by atoms with van der Waals surface area (Å²) in [6.45, 7) is 3.71. The van der Waals surface area contributed by atoms with Crippen LogP contribution in [-0.2, 0) is 6.42 Å². The number of rotatable bonds is 5. The highest BCUT2D eigenvalue weighted by Crippen LogP contribution is 2.25. The van der Waals surface area contributed by atoms with E-state index in [1.807, 2.05) is 30.3 Å². The van der Waals surface area contributed by atoms with Crippen molar-refractivity contribution in [2.45, 2.75) is 26.7 Å². The van der Waals surface area contributed by atoms with Gasteiger partial charge in [-0.2, -0.15) is 0 Å². The lowest BCUT2D eigenvalue weighted by molar-refractivity contribution is 0.101. The predicted molar refractivity (Wildman–Crippen MR) is 77.0 cm³/mol. The highest BCUT2D eigenvalue weighted by molar-refractivity contribution is 5.96. The van der Waals surface area contributed by atoms with E-state index in [0.29, 0.717) is 11.3 Å². The third kappa shape index (κ3) is 3.44. The molecule has 0 aliphatic heterocycles. The van der Waals surface area contributed by atoms with E-state index in [-0.39, 0.29) is 5.78 Å². The van der Waals surface area contributed by atoms with Gasteiger partial charge in [-0.3, -0.25) is 4.79 Å². The largest absolute Gasteiger partial charge is 0.457 e. The van der Waals surface area contributed by atoms with Crippen LogP contribution in [0.15, 0.2) is 48.5 Å². The second-order valence-electron chi connectivity index (χ2n) is 4.55. The van der Waals surface area contributed by atoms with Crippen molar-refractivity contribution in [3.05, 3.63) is 59.7 Å². The second kappa shape index (κ2) is 6.19. The molecule has 0 heterocycles. The molecule has 0 aliphatic rings. The van der Waals surface area contributed by atoms with E-state index in [1.165, 1.54) is 5.56 Å². The van der Waals surface area contributed by atoms with Crippen molar-refractivity contribution in [1.29, 1.82) is 0 Å². The molecular weight excluding hydrogens is 236 g/mol. The maximum absolute atomic E-state index is 11.5. The minimum atomic E-state index is 0.0122. The van der Waals surface area contributed by atoms with Gasteiger partial charge in [-0.1, -0.05) is 37.6 Å². The molecule has 0 atom stereocenters. The number of benzene rings is 2. The van der Waals surface area contributed by atoms with Gasteiger partial charge in [0.1, 0.15) is 11.5 Å². The fraction of sp³-hybridized carbons (Fsp3) is 0.235. The molecule has 98 valence electrons. The summed E-state index contributed by atoms with van der Waals surface area (Å²) in [6.07, 6.45) is 2.21. The Bertz CT molecular complexity index is 556. The molecule has 0 radical (unpaired) electrons. The summed E-state index contributed by atoms with van der Waals surface area (Å²) in [6, 6.07) is 15.3. The van der Waals surface area contributed by atoms with Crippen molar-refractivity contribution >= 4 is 5.78 Å². The lowest BCUT2D eigenvalue weighted by Gasteiger charge is -2.09. The third-order valence-corrected chi connectivity index (χ3v) is 2.96. The molecule has 0 bridgehead atoms. The monoisotopic (exact) mass is 254 g/mol. The summed E-state index contributed by atoms with van der Waals surface area (Å²) in [5.41, 5.74) is 1.91. The second-order valence-corrected chi connectivity index (χ2v) is 4.55. The van der Waals surface area contributed by atoms with Crippen LogP contribution in [0, 0.1) is 0 Å². The fourth-order valence-electron chi connectivity index (χ4n) is 1.99. The Morgan fingerprint density at radius 3 is 2.37 bits per heavy atom. The normalized spacial score (nSPS) is 10.2. The summed E-state index contributed by atoms with van der Waals surface area (Å²) >= 11 is 0. The fourth-order valence-corrected chi connectivity index (χ4v) is 1.99. The van der Waals surface area contributed by atoms with Crippen molar-refractivity contribution in [2.24, 2.45) is 0 Å². The number of ether oxygens (including phenoxy) is 1. The smallest absolute Gasteiger partial charge is 0.163 e. The molecule has 2 heteroatoms. The van der Waals surface area contributed by atoms with Gasteiger partial charge >= 0.3 is 0 Å². The van der Waals surface area contributed by atoms with Crippen LogP contribution in [0.25, 0.3) is 0 Å². The molecular formula is C17H18O2. The van der Waals surface area contributed by atoms with Gasteiger partial charge in [0.25, 0.3) is 0 Å². The lowest BCUT2D eigenvalue weighted by Crippen LogP contribution is -1.96. The van der Waals surface area contributed by atoms with Gasteiger partial charge < -0.3 is 4.74 Å². The van der Waals surface area contributed by atoms with Crippen molar-refractivity contribution in [3.63, 3.8) is 0 Å². The van der Waals surface area contributed by atoms with Crippen molar-refractivity contribution < 1.29 is 9.53 Å². The minimum Gasteiger partial charge on any atom is -0.457 e. The average molecular weight is 254 g/mol. The van der Waals surface area contributed by atoms with Crippen LogP contribution in [0.2, 0.25) is 0 Å². The van der Waals surface area contributed by atoms with E-state index in [0.717, 1.165) is 18.6 Å². The topological polar surface area (TPSA) is 26.3 Å². The summed E-state index contributed by atoms with van der Waals surface area (Å²) < 4.78 is 5.78. The highest BCUT2D eigenvalue weighted by Gasteiger charge is 2.08. The van der Waals surface area contributed by atoms with Crippen LogP contribution in [0.4, 0.5) is 0 Å². The van der Waals surface area contributed by atoms with Gasteiger partial charge in [-0.05, 0) is 43.2 Å². The molecule has 0 unspecified atom stereocenters. The lowest BCUT2D eigenvalue weighted by atomic mass is 10.1. The minimum absolute atomic E-state index is 0.0122. The number of Topliss-reactive ketones (excluding diaryl/α,β-unsaturated/α-hetero) is 1. The van der Waals surface area contributed by atoms with E-state index >= 15 is 0 Å². The van der Waals surface area contributed by atoms with Gasteiger partial charge in [0.15, 0.2) is 5.78 Å². The van der Waals surface area contributed by atoms with Crippen LogP contribution in [0.3, 0.4) is 0 Å². The zero-order valence-corrected chi connectivity index (χ0v) is 11.3. The molecule has 0 spiro atoms. The van der Waals surface area contributed by atoms with Crippen LogP contribution in [0.1, 0.15) is 36.2 Å². The zero-order valence-electron chi connectivity index (χ0n) is 11.3. The summed E-state index contributed by atoms with van der Waals surface area (Å²) in [4.78, 5) is 11.5. The average Bonchev–Trinajstić information content (AvgIpc) is 2.42. The van der Waals surface area contributed by atoms with Gasteiger partial charge in [-0.15, -0.1) is 0 Å². The number of para-hydroxylation sites is 1. The van der Waals surface area contributed by atoms with Gasteiger partial charge in [0, 0.05) is 0 Å². The number of ketones is 1. The van der Waals surface area contributed by atoms with Gasteiger partial charge in [-0.25, -0.2) is 0 Å². The third-order valence-electron chi connectivity index (χ3n) is 2.96. The molecule has 19 heavy (non-hydrogen) atoms. The summed E-state index contributed by atoms with van der Waals surface area (Å²) in [5, 5.41) is 0. The maximum Gasteiger partial charge on any atom is 0.163 e. The molecule has 0 saturated carbocycles. The van der Waals surface area contributed by atoms with E-state index in [2.05, 4.69) is 19.1 Å². The van der Waals surface area contributed by atoms with Gasteiger partial charge in [0.2, 0.25) is 0 Å². The Kier molecular flexibility index (Phi) is 4.35. The van der Waals surface area contributed by atoms with E-state index in [4.69, 9.17) is 4.74 Å². The van der Waals surface area contributed by atoms with Crippen molar-refractivity contribution in [3.8, 4) is 11.5 Å². The first-order chi connectivity index (χ1) is 9.20. The Balaban J connectivity index is 2.19.